The highest BCUT2D eigenvalue weighted by Gasteiger charge is 2.04. The molecule has 0 unspecified atom stereocenters. The summed E-state index contributed by atoms with van der Waals surface area (Å²) in [6.07, 6.45) is 1.75. The molecule has 1 heterocycles. The highest BCUT2D eigenvalue weighted by molar-refractivity contribution is 5.85. The van der Waals surface area contributed by atoms with Gasteiger partial charge in [-0.1, -0.05) is 35.5 Å². The van der Waals surface area contributed by atoms with Crippen molar-refractivity contribution >= 4 is 12.4 Å². The summed E-state index contributed by atoms with van der Waals surface area (Å²) in [7, 11) is 0. The molecule has 80 valence electrons. The standard InChI is InChI=1S/C10H12N4.ClH/c11-6-7-14-10(8-12-13-14)9-4-2-1-3-5-9;/h1-5,8H,6-7,11H2;1H. The largest absolute Gasteiger partial charge is 0.329 e. The lowest BCUT2D eigenvalue weighted by atomic mass is 10.2. The van der Waals surface area contributed by atoms with E-state index in [0.717, 1.165) is 11.3 Å². The quantitative estimate of drug-likeness (QED) is 0.856. The highest BCUT2D eigenvalue weighted by Crippen LogP contribution is 2.16. The van der Waals surface area contributed by atoms with Crippen molar-refractivity contribution in [1.29, 1.82) is 0 Å². The lowest BCUT2D eigenvalue weighted by Gasteiger charge is -2.03. The van der Waals surface area contributed by atoms with Gasteiger partial charge in [-0.25, -0.2) is 4.68 Å². The average molecular weight is 225 g/mol. The smallest absolute Gasteiger partial charge is 0.0886 e. The molecule has 2 aromatic rings. The topological polar surface area (TPSA) is 56.7 Å². The summed E-state index contributed by atoms with van der Waals surface area (Å²) in [4.78, 5) is 0. The molecule has 0 amide bonds. The van der Waals surface area contributed by atoms with Gasteiger partial charge in [0.05, 0.1) is 18.4 Å². The van der Waals surface area contributed by atoms with E-state index in [1.807, 2.05) is 35.0 Å². The van der Waals surface area contributed by atoms with Crippen LogP contribution in [0.4, 0.5) is 0 Å². The minimum absolute atomic E-state index is 0. The van der Waals surface area contributed by atoms with Crippen molar-refractivity contribution in [2.45, 2.75) is 6.54 Å². The summed E-state index contributed by atoms with van der Waals surface area (Å²) < 4.78 is 1.81. The molecule has 0 aliphatic rings. The Balaban J connectivity index is 0.00000112. The Morgan fingerprint density at radius 1 is 1.20 bits per heavy atom. The maximum absolute atomic E-state index is 5.48. The molecule has 0 spiro atoms. The average Bonchev–Trinajstić information content (AvgIpc) is 2.68. The van der Waals surface area contributed by atoms with E-state index in [-0.39, 0.29) is 12.4 Å². The second-order valence-electron chi connectivity index (χ2n) is 3.00. The highest BCUT2D eigenvalue weighted by atomic mass is 35.5. The van der Waals surface area contributed by atoms with Crippen LogP contribution in [0.15, 0.2) is 36.5 Å². The van der Waals surface area contributed by atoms with E-state index in [0.29, 0.717) is 13.1 Å². The van der Waals surface area contributed by atoms with Gasteiger partial charge in [0.1, 0.15) is 0 Å². The molecule has 2 N–H and O–H groups in total. The first-order valence-electron chi connectivity index (χ1n) is 4.56. The van der Waals surface area contributed by atoms with Gasteiger partial charge in [-0.2, -0.15) is 0 Å². The monoisotopic (exact) mass is 224 g/mol. The van der Waals surface area contributed by atoms with Gasteiger partial charge in [0.2, 0.25) is 0 Å². The Morgan fingerprint density at radius 3 is 2.60 bits per heavy atom. The molecule has 15 heavy (non-hydrogen) atoms. The van der Waals surface area contributed by atoms with E-state index < -0.39 is 0 Å². The van der Waals surface area contributed by atoms with Gasteiger partial charge in [-0.3, -0.25) is 0 Å². The normalized spacial score (nSPS) is 9.67. The zero-order valence-corrected chi connectivity index (χ0v) is 9.02. The van der Waals surface area contributed by atoms with Crippen LogP contribution in [0.25, 0.3) is 11.3 Å². The lowest BCUT2D eigenvalue weighted by Crippen LogP contribution is -2.12. The van der Waals surface area contributed by atoms with Crippen molar-refractivity contribution in [3.05, 3.63) is 36.5 Å². The molecule has 2 rings (SSSR count). The number of nitrogens with zero attached hydrogens (tertiary/aromatic N) is 3. The lowest BCUT2D eigenvalue weighted by molar-refractivity contribution is 0.604. The van der Waals surface area contributed by atoms with Gasteiger partial charge >= 0.3 is 0 Å². The zero-order valence-electron chi connectivity index (χ0n) is 8.21. The predicted molar refractivity (Wildman–Crippen MR) is 61.8 cm³/mol. The third kappa shape index (κ3) is 2.55. The first kappa shape index (κ1) is 11.7. The van der Waals surface area contributed by atoms with Crippen LogP contribution in [0.3, 0.4) is 0 Å². The van der Waals surface area contributed by atoms with Crippen molar-refractivity contribution < 1.29 is 0 Å². The molecule has 0 saturated heterocycles. The number of halogens is 1. The van der Waals surface area contributed by atoms with Gasteiger partial charge in [-0.15, -0.1) is 17.5 Å². The van der Waals surface area contributed by atoms with Crippen molar-refractivity contribution in [2.24, 2.45) is 5.73 Å². The molecule has 0 aliphatic carbocycles. The van der Waals surface area contributed by atoms with Crippen molar-refractivity contribution in [3.63, 3.8) is 0 Å². The second-order valence-corrected chi connectivity index (χ2v) is 3.00. The number of hydrogen-bond donors (Lipinski definition) is 1. The van der Waals surface area contributed by atoms with Crippen molar-refractivity contribution in [2.75, 3.05) is 6.54 Å². The zero-order chi connectivity index (χ0) is 9.80. The van der Waals surface area contributed by atoms with E-state index >= 15 is 0 Å². The number of benzene rings is 1. The molecular weight excluding hydrogens is 212 g/mol. The molecule has 0 saturated carbocycles. The number of aromatic nitrogens is 3. The molecule has 1 aromatic carbocycles. The Kier molecular flexibility index (Phi) is 4.27. The van der Waals surface area contributed by atoms with E-state index in [4.69, 9.17) is 5.73 Å². The maximum atomic E-state index is 5.48. The van der Waals surface area contributed by atoms with Crippen molar-refractivity contribution in [3.8, 4) is 11.3 Å². The van der Waals surface area contributed by atoms with Gasteiger partial charge in [0.15, 0.2) is 0 Å². The van der Waals surface area contributed by atoms with Crippen LogP contribution in [-0.4, -0.2) is 21.5 Å². The maximum Gasteiger partial charge on any atom is 0.0886 e. The van der Waals surface area contributed by atoms with E-state index in [1.54, 1.807) is 6.20 Å². The molecule has 1 aromatic heterocycles. The van der Waals surface area contributed by atoms with Gasteiger partial charge in [-0.05, 0) is 0 Å². The summed E-state index contributed by atoms with van der Waals surface area (Å²) in [5, 5.41) is 7.84. The third-order valence-corrected chi connectivity index (χ3v) is 2.03. The predicted octanol–water partition coefficient (Wildman–Crippen LogP) is 1.33. The summed E-state index contributed by atoms with van der Waals surface area (Å²) in [6.45, 7) is 1.27. The Hall–Kier alpha value is -1.39. The molecule has 0 atom stereocenters. The van der Waals surface area contributed by atoms with E-state index in [1.165, 1.54) is 0 Å². The molecular formula is C10H13ClN4. The van der Waals surface area contributed by atoms with Crippen LogP contribution in [0.1, 0.15) is 0 Å². The Labute approximate surface area is 94.5 Å². The molecule has 0 aliphatic heterocycles. The fourth-order valence-corrected chi connectivity index (χ4v) is 1.38. The van der Waals surface area contributed by atoms with Crippen LogP contribution in [0, 0.1) is 0 Å². The minimum Gasteiger partial charge on any atom is -0.329 e. The summed E-state index contributed by atoms with van der Waals surface area (Å²) in [5.41, 5.74) is 7.60. The van der Waals surface area contributed by atoms with Crippen LogP contribution in [0.2, 0.25) is 0 Å². The van der Waals surface area contributed by atoms with Gasteiger partial charge in [0, 0.05) is 12.1 Å². The minimum atomic E-state index is 0. The fourth-order valence-electron chi connectivity index (χ4n) is 1.38. The number of rotatable bonds is 3. The fraction of sp³-hybridized carbons (Fsp3) is 0.200. The van der Waals surface area contributed by atoms with Crippen LogP contribution < -0.4 is 5.73 Å². The molecule has 4 nitrogen and oxygen atoms in total. The Morgan fingerprint density at radius 2 is 1.93 bits per heavy atom. The Bertz CT molecular complexity index is 399. The molecule has 5 heteroatoms. The third-order valence-electron chi connectivity index (χ3n) is 2.03. The molecule has 0 radical (unpaired) electrons. The van der Waals surface area contributed by atoms with Gasteiger partial charge < -0.3 is 5.73 Å². The summed E-state index contributed by atoms with van der Waals surface area (Å²) in [5.74, 6) is 0. The summed E-state index contributed by atoms with van der Waals surface area (Å²) >= 11 is 0. The summed E-state index contributed by atoms with van der Waals surface area (Å²) in [6, 6.07) is 10.0. The molecule has 0 bridgehead atoms. The van der Waals surface area contributed by atoms with Crippen LogP contribution >= 0.6 is 12.4 Å². The first-order chi connectivity index (χ1) is 6.92. The number of nitrogens with two attached hydrogens (primary N) is 1. The van der Waals surface area contributed by atoms with Crippen molar-refractivity contribution in [1.82, 2.24) is 15.0 Å². The second kappa shape index (κ2) is 5.48. The van der Waals surface area contributed by atoms with Crippen LogP contribution in [-0.2, 0) is 6.54 Å². The van der Waals surface area contributed by atoms with E-state index in [9.17, 15) is 0 Å². The van der Waals surface area contributed by atoms with Gasteiger partial charge in [0.25, 0.3) is 0 Å². The van der Waals surface area contributed by atoms with E-state index in [2.05, 4.69) is 10.3 Å². The molecule has 0 fully saturated rings. The SMILES string of the molecule is Cl.NCCn1nncc1-c1ccccc1. The number of hydrogen-bond acceptors (Lipinski definition) is 3. The van der Waals surface area contributed by atoms with Crippen LogP contribution in [0.5, 0.6) is 0 Å². The first-order valence-corrected chi connectivity index (χ1v) is 4.56.